The molecule has 17 heteroatoms. The molecule has 7 aromatic heterocycles. The van der Waals surface area contributed by atoms with Crippen molar-refractivity contribution in [2.24, 2.45) is 0 Å². The van der Waals surface area contributed by atoms with E-state index < -0.39 is 0 Å². The summed E-state index contributed by atoms with van der Waals surface area (Å²) in [7, 11) is 0. The average Bonchev–Trinajstić information content (AvgIpc) is 1.62. The number of nitrogens with zero attached hydrogens (tertiary/aromatic N) is 12. The van der Waals surface area contributed by atoms with Crippen molar-refractivity contribution in [1.29, 1.82) is 0 Å². The SMILES string of the molecule is [C-]#[N+]c1cc2c(-c3cccc(C)c3C)cn(C3CC(O)C3)c2cc1C.[C-]#[N+]c1cc2c(-c3cccc(C)c3C)cn(C3CC(O)C3)c2cc1C.[C-]#[N+]c1cc2c(-c3cccc(C)c3C)cn([C@@H]3CC[C@H](O)C3)c2cc1C.[C-]#[N+]c1cc2c(-c3cncc(C)c3C)cn(C3CC(O)C3)c2cc1C.[C-]#[N+]c1cc2c(-c3cncc(C)c3C)cn(C3CC(O)C3)c2cc1C. The molecular formula is C109H110N12O5. The summed E-state index contributed by atoms with van der Waals surface area (Å²) in [6.07, 6.45) is 26.7. The molecule has 126 heavy (non-hydrogen) atoms. The van der Waals surface area contributed by atoms with Gasteiger partial charge in [0.15, 0.2) is 28.4 Å². The smallest absolute Gasteiger partial charge is 0.190 e. The first-order chi connectivity index (χ1) is 60.5. The maximum atomic E-state index is 10.0. The maximum absolute atomic E-state index is 10.0. The van der Waals surface area contributed by atoms with Gasteiger partial charge in [0, 0.05) is 153 Å². The number of aliphatic hydroxyl groups excluding tert-OH is 5. The summed E-state index contributed by atoms with van der Waals surface area (Å²) >= 11 is 0. The minimum atomic E-state index is -0.204. The molecule has 8 aromatic carbocycles. The van der Waals surface area contributed by atoms with Crippen LogP contribution in [0.5, 0.6) is 0 Å². The van der Waals surface area contributed by atoms with Crippen molar-refractivity contribution in [1.82, 2.24) is 32.8 Å². The number of hydrogen-bond donors (Lipinski definition) is 5. The Balaban J connectivity index is 0.000000116. The molecule has 5 saturated carbocycles. The summed E-state index contributed by atoms with van der Waals surface area (Å²) in [5.41, 5.74) is 38.4. The average molecular weight is 1670 g/mol. The number of benzene rings is 8. The normalized spacial score (nSPS) is 19.7. The van der Waals surface area contributed by atoms with Crippen LogP contribution in [-0.4, -0.2) is 88.9 Å². The molecule has 0 radical (unpaired) electrons. The summed E-state index contributed by atoms with van der Waals surface area (Å²) in [5, 5.41) is 54.5. The largest absolute Gasteiger partial charge is 0.393 e. The Morgan fingerprint density at radius 2 is 0.468 bits per heavy atom. The van der Waals surface area contributed by atoms with Gasteiger partial charge >= 0.3 is 0 Å². The van der Waals surface area contributed by atoms with E-state index in [1.807, 2.05) is 89.7 Å². The summed E-state index contributed by atoms with van der Waals surface area (Å²) in [5.74, 6) is 0. The zero-order valence-corrected chi connectivity index (χ0v) is 74.8. The lowest BCUT2D eigenvalue weighted by molar-refractivity contribution is 0.0500. The predicted molar refractivity (Wildman–Crippen MR) is 511 cm³/mol. The van der Waals surface area contributed by atoms with Gasteiger partial charge in [0.05, 0.1) is 63.4 Å². The highest BCUT2D eigenvalue weighted by Gasteiger charge is 2.36. The summed E-state index contributed by atoms with van der Waals surface area (Å²) in [4.78, 5) is 27.2. The van der Waals surface area contributed by atoms with Crippen LogP contribution in [0.25, 0.3) is 134 Å². The molecule has 7 heterocycles. The summed E-state index contributed by atoms with van der Waals surface area (Å²) < 4.78 is 11.5. The highest BCUT2D eigenvalue weighted by Crippen LogP contribution is 2.50. The molecule has 0 saturated heterocycles. The van der Waals surface area contributed by atoms with Gasteiger partial charge in [-0.2, -0.15) is 0 Å². The highest BCUT2D eigenvalue weighted by molar-refractivity contribution is 6.04. The molecule has 0 amide bonds. The molecule has 0 unspecified atom stereocenters. The van der Waals surface area contributed by atoms with Crippen LogP contribution in [0.3, 0.4) is 0 Å². The Morgan fingerprint density at radius 3 is 0.690 bits per heavy atom. The minimum Gasteiger partial charge on any atom is -0.393 e. The van der Waals surface area contributed by atoms with Gasteiger partial charge in [0.1, 0.15) is 0 Å². The quantitative estimate of drug-likeness (QED) is 0.0848. The van der Waals surface area contributed by atoms with Gasteiger partial charge in [-0.15, -0.1) is 0 Å². The number of aryl methyl sites for hydroxylation is 10. The molecule has 17 nitrogen and oxygen atoms in total. The highest BCUT2D eigenvalue weighted by atomic mass is 16.3. The molecule has 5 aliphatic rings. The van der Waals surface area contributed by atoms with Crippen molar-refractivity contribution in [3.63, 3.8) is 0 Å². The van der Waals surface area contributed by atoms with Crippen LogP contribution in [0.4, 0.5) is 28.4 Å². The van der Waals surface area contributed by atoms with Crippen LogP contribution in [0.2, 0.25) is 0 Å². The number of pyridine rings is 2. The molecule has 5 N–H and O–H groups in total. The molecule has 0 spiro atoms. The van der Waals surface area contributed by atoms with E-state index >= 15 is 0 Å². The number of aromatic nitrogens is 7. The second-order valence-electron chi connectivity index (χ2n) is 36.3. The van der Waals surface area contributed by atoms with Gasteiger partial charge in [0.25, 0.3) is 0 Å². The van der Waals surface area contributed by atoms with E-state index in [0.717, 1.165) is 181 Å². The van der Waals surface area contributed by atoms with E-state index in [0.29, 0.717) is 58.6 Å². The monoisotopic (exact) mass is 1670 g/mol. The standard InChI is InChI=1S/C23H24N2O.2C22H22N2O.2C21H21N3O/c1-14-6-5-7-19(16(14)3)21-13-25(17-8-9-18(26)11-17)23-10-15(2)22(24-4)12-20(21)23;2*1-13-6-5-7-18(15(13)3)20-12-24(16-9-17(25)10-16)22-8-14(2)21(23-4)11-19(20)22;2*1-12-5-21-17(8-20(12)22-4)19(11-24(21)15-6-16(25)7-15)18-10-23-9-13(2)14(18)3/h5-7,10,12-13,17-18,26H,8-9,11H2,1-3H3;2*5-8,11-12,16-17,25H,9-10H2,1-3H3;2*5,8-11,15-16,25H,6-7H2,1-3H3/t17-,18+;;;;/m1..../s1. The lowest BCUT2D eigenvalue weighted by Crippen LogP contribution is -2.30. The van der Waals surface area contributed by atoms with Gasteiger partial charge in [-0.25, -0.2) is 24.2 Å². The maximum Gasteiger partial charge on any atom is 0.190 e. The Labute approximate surface area is 739 Å². The van der Waals surface area contributed by atoms with Crippen LogP contribution in [0.15, 0.2) is 171 Å². The number of fused-ring (bicyclic) bond motifs is 5. The van der Waals surface area contributed by atoms with Crippen molar-refractivity contribution < 1.29 is 25.5 Å². The van der Waals surface area contributed by atoms with E-state index in [4.69, 9.17) is 32.9 Å². The second-order valence-corrected chi connectivity index (χ2v) is 36.3. The Morgan fingerprint density at radius 1 is 0.246 bits per heavy atom. The van der Waals surface area contributed by atoms with Crippen molar-refractivity contribution >= 4 is 83.0 Å². The fraction of sp³-hybridized carbons (Fsp3) is 0.330. The fourth-order valence-corrected chi connectivity index (χ4v) is 19.4. The van der Waals surface area contributed by atoms with E-state index in [1.165, 1.54) is 83.4 Å². The van der Waals surface area contributed by atoms with Crippen molar-refractivity contribution in [3.8, 4) is 55.6 Å². The van der Waals surface area contributed by atoms with E-state index in [2.05, 4.69) is 242 Å². The molecule has 636 valence electrons. The Hall–Kier alpha value is -13.0. The number of rotatable bonds is 10. The first-order valence-electron chi connectivity index (χ1n) is 44.0. The van der Waals surface area contributed by atoms with Crippen molar-refractivity contribution in [3.05, 3.63) is 312 Å². The van der Waals surface area contributed by atoms with Gasteiger partial charge in [-0.05, 0) is 362 Å². The molecule has 2 atom stereocenters. The van der Waals surface area contributed by atoms with Gasteiger partial charge in [-0.3, -0.25) is 9.97 Å². The van der Waals surface area contributed by atoms with E-state index in [-0.39, 0.29) is 30.5 Å². The molecule has 5 fully saturated rings. The molecule has 15 aromatic rings. The summed E-state index contributed by atoms with van der Waals surface area (Å²) in [6, 6.07) is 41.5. The second kappa shape index (κ2) is 35.2. The van der Waals surface area contributed by atoms with Crippen LogP contribution < -0.4 is 0 Å². The third-order valence-electron chi connectivity index (χ3n) is 28.3. The van der Waals surface area contributed by atoms with Crippen molar-refractivity contribution in [2.75, 3.05) is 0 Å². The van der Waals surface area contributed by atoms with Crippen molar-refractivity contribution in [2.45, 2.75) is 235 Å². The predicted octanol–water partition coefficient (Wildman–Crippen LogP) is 26.6. The van der Waals surface area contributed by atoms with Crippen LogP contribution >= 0.6 is 0 Å². The van der Waals surface area contributed by atoms with Gasteiger partial charge in [-0.1, -0.05) is 54.6 Å². The lowest BCUT2D eigenvalue weighted by Gasteiger charge is -2.33. The topological polar surface area (TPSA) is 173 Å². The van der Waals surface area contributed by atoms with E-state index in [9.17, 15) is 25.5 Å². The first-order valence-corrected chi connectivity index (χ1v) is 44.0. The zero-order valence-electron chi connectivity index (χ0n) is 74.8. The van der Waals surface area contributed by atoms with Gasteiger partial charge < -0.3 is 48.4 Å². The van der Waals surface area contributed by atoms with Crippen LogP contribution in [0.1, 0.15) is 184 Å². The first kappa shape index (κ1) is 86.5. The molecular weight excluding hydrogens is 1560 g/mol. The minimum absolute atomic E-state index is 0.185. The lowest BCUT2D eigenvalue weighted by atomic mass is 9.89. The summed E-state index contributed by atoms with van der Waals surface area (Å²) in [6.45, 7) is 68.6. The molecule has 20 rings (SSSR count). The van der Waals surface area contributed by atoms with E-state index in [1.54, 1.807) is 0 Å². The number of aliphatic hydroxyl groups is 5. The third-order valence-corrected chi connectivity index (χ3v) is 28.3. The van der Waals surface area contributed by atoms with Crippen LogP contribution in [-0.2, 0) is 0 Å². The van der Waals surface area contributed by atoms with Crippen LogP contribution in [0, 0.1) is 137 Å². The fourth-order valence-electron chi connectivity index (χ4n) is 19.4. The molecule has 0 bridgehead atoms. The molecule has 0 aliphatic heterocycles. The third kappa shape index (κ3) is 16.2. The Kier molecular flexibility index (Phi) is 24.2. The molecule has 5 aliphatic carbocycles. The van der Waals surface area contributed by atoms with Gasteiger partial charge in [0.2, 0.25) is 0 Å². The Bertz CT molecular complexity index is 6390. The zero-order chi connectivity index (χ0) is 89.3. The number of hydrogen-bond acceptors (Lipinski definition) is 7.